The second kappa shape index (κ2) is 5.35. The molecule has 0 atom stereocenters. The summed E-state index contributed by atoms with van der Waals surface area (Å²) in [5.41, 5.74) is 4.82. The van der Waals surface area contributed by atoms with Gasteiger partial charge in [-0.2, -0.15) is 0 Å². The zero-order valence-corrected chi connectivity index (χ0v) is 10.0. The van der Waals surface area contributed by atoms with Gasteiger partial charge < -0.3 is 15.6 Å². The Morgan fingerprint density at radius 1 is 1.25 bits per heavy atom. The van der Waals surface area contributed by atoms with Crippen LogP contribution >= 0.6 is 0 Å². The largest absolute Gasteiger partial charge is 0.478 e. The monoisotopic (exact) mass is 276 g/mol. The molecule has 20 heavy (non-hydrogen) atoms. The van der Waals surface area contributed by atoms with Crippen molar-refractivity contribution >= 4 is 11.9 Å². The Bertz CT molecular complexity index is 688. The number of aromatic carboxylic acids is 1. The summed E-state index contributed by atoms with van der Waals surface area (Å²) in [7, 11) is 0. The van der Waals surface area contributed by atoms with Crippen molar-refractivity contribution in [3.63, 3.8) is 0 Å². The molecule has 0 saturated carbocycles. The van der Waals surface area contributed by atoms with E-state index in [1.807, 2.05) is 0 Å². The molecule has 1 heterocycles. The minimum atomic E-state index is -1.26. The third kappa shape index (κ3) is 2.89. The number of pyridine rings is 1. The molecular weight excluding hydrogens is 267 g/mol. The van der Waals surface area contributed by atoms with Crippen molar-refractivity contribution in [3.8, 4) is 11.5 Å². The van der Waals surface area contributed by atoms with E-state index in [1.165, 1.54) is 18.3 Å². The number of carbonyl (C=O) groups is 2. The zero-order valence-electron chi connectivity index (χ0n) is 10.0. The van der Waals surface area contributed by atoms with Crippen LogP contribution in [0.15, 0.2) is 36.5 Å². The van der Waals surface area contributed by atoms with Gasteiger partial charge in [-0.05, 0) is 18.2 Å². The van der Waals surface area contributed by atoms with Crippen LogP contribution in [0.2, 0.25) is 0 Å². The SMILES string of the molecule is NC(=O)c1cc(Oc2cc(F)ccc2C(=O)O)ccn1. The molecule has 0 aliphatic heterocycles. The molecule has 1 amide bonds. The molecule has 0 saturated heterocycles. The summed E-state index contributed by atoms with van der Waals surface area (Å²) >= 11 is 0. The first kappa shape index (κ1) is 13.5. The fourth-order valence-electron chi connectivity index (χ4n) is 1.49. The zero-order chi connectivity index (χ0) is 14.7. The van der Waals surface area contributed by atoms with Gasteiger partial charge in [-0.15, -0.1) is 0 Å². The average molecular weight is 276 g/mol. The highest BCUT2D eigenvalue weighted by molar-refractivity contribution is 5.92. The van der Waals surface area contributed by atoms with E-state index in [-0.39, 0.29) is 22.8 Å². The summed E-state index contributed by atoms with van der Waals surface area (Å²) < 4.78 is 18.4. The van der Waals surface area contributed by atoms with E-state index < -0.39 is 17.7 Å². The molecule has 102 valence electrons. The summed E-state index contributed by atoms with van der Waals surface area (Å²) in [5, 5.41) is 8.99. The molecule has 0 fully saturated rings. The predicted octanol–water partition coefficient (Wildman–Crippen LogP) is 1.81. The lowest BCUT2D eigenvalue weighted by Gasteiger charge is -2.09. The maximum atomic E-state index is 13.2. The van der Waals surface area contributed by atoms with Gasteiger partial charge in [0.2, 0.25) is 0 Å². The first-order chi connectivity index (χ1) is 9.47. The van der Waals surface area contributed by atoms with E-state index in [0.717, 1.165) is 18.2 Å². The fraction of sp³-hybridized carbons (Fsp3) is 0. The first-order valence-corrected chi connectivity index (χ1v) is 5.44. The average Bonchev–Trinajstić information content (AvgIpc) is 2.38. The van der Waals surface area contributed by atoms with Gasteiger partial charge in [0.25, 0.3) is 5.91 Å². The van der Waals surface area contributed by atoms with Crippen LogP contribution < -0.4 is 10.5 Å². The van der Waals surface area contributed by atoms with Crippen molar-refractivity contribution in [1.29, 1.82) is 0 Å². The van der Waals surface area contributed by atoms with Gasteiger partial charge in [-0.25, -0.2) is 9.18 Å². The summed E-state index contributed by atoms with van der Waals surface area (Å²) in [5.74, 6) is -2.72. The summed E-state index contributed by atoms with van der Waals surface area (Å²) in [6.45, 7) is 0. The number of carboxylic acid groups (broad SMARTS) is 1. The Labute approximate surface area is 112 Å². The quantitative estimate of drug-likeness (QED) is 0.886. The second-order valence-corrected chi connectivity index (χ2v) is 3.79. The minimum absolute atomic E-state index is 0.0456. The summed E-state index contributed by atoms with van der Waals surface area (Å²) in [4.78, 5) is 25.7. The van der Waals surface area contributed by atoms with Gasteiger partial charge in [-0.3, -0.25) is 9.78 Å². The molecule has 0 aliphatic rings. The van der Waals surface area contributed by atoms with Crippen molar-refractivity contribution < 1.29 is 23.8 Å². The molecule has 0 unspecified atom stereocenters. The number of carbonyl (C=O) groups excluding carboxylic acids is 1. The Morgan fingerprint density at radius 3 is 2.65 bits per heavy atom. The highest BCUT2D eigenvalue weighted by Crippen LogP contribution is 2.26. The molecule has 6 nitrogen and oxygen atoms in total. The number of nitrogens with zero attached hydrogens (tertiary/aromatic N) is 1. The number of benzene rings is 1. The van der Waals surface area contributed by atoms with Crippen LogP contribution in [0.25, 0.3) is 0 Å². The maximum Gasteiger partial charge on any atom is 0.339 e. The number of hydrogen-bond donors (Lipinski definition) is 2. The van der Waals surface area contributed by atoms with Gasteiger partial charge in [0.1, 0.15) is 28.6 Å². The third-order valence-corrected chi connectivity index (χ3v) is 2.39. The second-order valence-electron chi connectivity index (χ2n) is 3.79. The molecule has 3 N–H and O–H groups in total. The Kier molecular flexibility index (Phi) is 3.60. The first-order valence-electron chi connectivity index (χ1n) is 5.44. The number of rotatable bonds is 4. The predicted molar refractivity (Wildman–Crippen MR) is 66.2 cm³/mol. The molecule has 2 rings (SSSR count). The van der Waals surface area contributed by atoms with Crippen molar-refractivity contribution in [3.05, 3.63) is 53.6 Å². The molecule has 7 heteroatoms. The van der Waals surface area contributed by atoms with Crippen molar-refractivity contribution in [2.24, 2.45) is 5.73 Å². The Morgan fingerprint density at radius 2 is 2.00 bits per heavy atom. The molecular formula is C13H9FN2O4. The Hall–Kier alpha value is -2.96. The van der Waals surface area contributed by atoms with Gasteiger partial charge >= 0.3 is 5.97 Å². The lowest BCUT2D eigenvalue weighted by Crippen LogP contribution is -2.12. The van der Waals surface area contributed by atoms with Crippen LogP contribution in [-0.2, 0) is 0 Å². The topological polar surface area (TPSA) is 103 Å². The number of aromatic nitrogens is 1. The van der Waals surface area contributed by atoms with Crippen LogP contribution in [0.5, 0.6) is 11.5 Å². The van der Waals surface area contributed by atoms with Crippen molar-refractivity contribution in [1.82, 2.24) is 4.98 Å². The number of hydrogen-bond acceptors (Lipinski definition) is 4. The summed E-state index contributed by atoms with van der Waals surface area (Å²) in [6.07, 6.45) is 1.27. The van der Waals surface area contributed by atoms with Crippen LogP contribution in [0.1, 0.15) is 20.8 Å². The van der Waals surface area contributed by atoms with Gasteiger partial charge in [0.05, 0.1) is 0 Å². The summed E-state index contributed by atoms with van der Waals surface area (Å²) in [6, 6.07) is 5.66. The van der Waals surface area contributed by atoms with Crippen molar-refractivity contribution in [2.45, 2.75) is 0 Å². The maximum absolute atomic E-state index is 13.2. The molecule has 0 spiro atoms. The van der Waals surface area contributed by atoms with E-state index in [9.17, 15) is 14.0 Å². The lowest BCUT2D eigenvalue weighted by atomic mass is 10.2. The highest BCUT2D eigenvalue weighted by atomic mass is 19.1. The third-order valence-electron chi connectivity index (χ3n) is 2.39. The number of amides is 1. The minimum Gasteiger partial charge on any atom is -0.478 e. The van der Waals surface area contributed by atoms with Crippen LogP contribution in [0, 0.1) is 5.82 Å². The van der Waals surface area contributed by atoms with Crippen LogP contribution in [0.3, 0.4) is 0 Å². The molecule has 0 radical (unpaired) electrons. The van der Waals surface area contributed by atoms with E-state index in [2.05, 4.69) is 4.98 Å². The Balaban J connectivity index is 2.39. The van der Waals surface area contributed by atoms with Crippen LogP contribution in [-0.4, -0.2) is 22.0 Å². The van der Waals surface area contributed by atoms with Crippen molar-refractivity contribution in [2.75, 3.05) is 0 Å². The van der Waals surface area contributed by atoms with E-state index >= 15 is 0 Å². The van der Waals surface area contributed by atoms with Gasteiger partial charge in [0.15, 0.2) is 0 Å². The van der Waals surface area contributed by atoms with Gasteiger partial charge in [-0.1, -0.05) is 0 Å². The van der Waals surface area contributed by atoms with Gasteiger partial charge in [0, 0.05) is 18.3 Å². The number of halogens is 1. The van der Waals surface area contributed by atoms with Crippen LogP contribution in [0.4, 0.5) is 4.39 Å². The van der Waals surface area contributed by atoms with E-state index in [4.69, 9.17) is 15.6 Å². The van der Waals surface area contributed by atoms with E-state index in [0.29, 0.717) is 0 Å². The highest BCUT2D eigenvalue weighted by Gasteiger charge is 2.14. The lowest BCUT2D eigenvalue weighted by molar-refractivity contribution is 0.0693. The number of ether oxygens (including phenoxy) is 1. The molecule has 1 aromatic heterocycles. The molecule has 2 aromatic rings. The number of carboxylic acids is 1. The molecule has 1 aromatic carbocycles. The normalized spacial score (nSPS) is 10.1. The number of primary amides is 1. The molecule has 0 aliphatic carbocycles. The molecule has 0 bridgehead atoms. The fourth-order valence-corrected chi connectivity index (χ4v) is 1.49. The number of nitrogens with two attached hydrogens (primary N) is 1. The smallest absolute Gasteiger partial charge is 0.339 e. The van der Waals surface area contributed by atoms with E-state index in [1.54, 1.807) is 0 Å². The standard InChI is InChI=1S/C13H9FN2O4/c14-7-1-2-9(13(18)19)11(5-7)20-8-3-4-16-10(6-8)12(15)17/h1-6H,(H2,15,17)(H,18,19).